The third kappa shape index (κ3) is 5.48. The highest BCUT2D eigenvalue weighted by Crippen LogP contribution is 2.34. The van der Waals surface area contributed by atoms with Gasteiger partial charge in [0.25, 0.3) is 5.91 Å². The van der Waals surface area contributed by atoms with E-state index in [-0.39, 0.29) is 36.6 Å². The van der Waals surface area contributed by atoms with Crippen molar-refractivity contribution in [1.82, 2.24) is 5.32 Å². The van der Waals surface area contributed by atoms with Gasteiger partial charge in [-0.1, -0.05) is 30.3 Å². The minimum atomic E-state index is -0.822. The molecule has 0 aromatic heterocycles. The Labute approximate surface area is 202 Å². The van der Waals surface area contributed by atoms with Gasteiger partial charge >= 0.3 is 0 Å². The van der Waals surface area contributed by atoms with Gasteiger partial charge in [-0.05, 0) is 61.4 Å². The molecular weight excluding hydrogens is 451 g/mol. The second kappa shape index (κ2) is 10.4. The molecule has 0 saturated carbocycles. The zero-order valence-electron chi connectivity index (χ0n) is 19.4. The molecule has 8 heteroatoms. The fraction of sp³-hybridized carbons (Fsp3) is 0.222. The summed E-state index contributed by atoms with van der Waals surface area (Å²) in [6, 6.07) is 17.4. The molecule has 1 aliphatic heterocycles. The number of hydrogen-bond acceptors (Lipinski definition) is 5. The first-order chi connectivity index (χ1) is 16.8. The van der Waals surface area contributed by atoms with Gasteiger partial charge < -0.3 is 14.8 Å². The van der Waals surface area contributed by atoms with E-state index in [0.29, 0.717) is 34.9 Å². The first-order valence-electron chi connectivity index (χ1n) is 11.2. The van der Waals surface area contributed by atoms with Crippen LogP contribution in [0.25, 0.3) is 0 Å². The van der Waals surface area contributed by atoms with Crippen molar-refractivity contribution in [3.63, 3.8) is 0 Å². The number of fused-ring (bicyclic) bond motifs is 1. The summed E-state index contributed by atoms with van der Waals surface area (Å²) in [5.41, 5.74) is 2.14. The monoisotopic (exact) mass is 476 g/mol. The van der Waals surface area contributed by atoms with Crippen LogP contribution in [-0.4, -0.2) is 36.9 Å². The van der Waals surface area contributed by atoms with Crippen LogP contribution in [0, 0.1) is 12.7 Å². The van der Waals surface area contributed by atoms with Gasteiger partial charge in [0.1, 0.15) is 23.4 Å². The summed E-state index contributed by atoms with van der Waals surface area (Å²) in [6.45, 7) is 3.17. The van der Waals surface area contributed by atoms with E-state index < -0.39 is 6.04 Å². The second-order valence-corrected chi connectivity index (χ2v) is 8.24. The van der Waals surface area contributed by atoms with E-state index >= 15 is 0 Å². The third-order valence-corrected chi connectivity index (χ3v) is 5.73. The molecular formula is C27H25FN2O5. The fourth-order valence-electron chi connectivity index (χ4n) is 3.82. The van der Waals surface area contributed by atoms with Crippen molar-refractivity contribution in [2.75, 3.05) is 18.1 Å². The molecule has 0 aliphatic carbocycles. The maximum atomic E-state index is 13.3. The highest BCUT2D eigenvalue weighted by molar-refractivity contribution is 6.05. The van der Waals surface area contributed by atoms with E-state index in [1.165, 1.54) is 29.2 Å². The van der Waals surface area contributed by atoms with Gasteiger partial charge in [-0.3, -0.25) is 19.3 Å². The average molecular weight is 477 g/mol. The van der Waals surface area contributed by atoms with Crippen LogP contribution in [0.1, 0.15) is 28.4 Å². The zero-order chi connectivity index (χ0) is 24.9. The number of aryl methyl sites for hydroxylation is 1. The van der Waals surface area contributed by atoms with Crippen molar-refractivity contribution < 1.29 is 28.2 Å². The molecule has 0 unspecified atom stereocenters. The number of anilines is 1. The molecule has 0 fully saturated rings. The van der Waals surface area contributed by atoms with E-state index in [1.54, 1.807) is 26.0 Å². The first kappa shape index (κ1) is 23.9. The lowest BCUT2D eigenvalue weighted by Gasteiger charge is -2.33. The average Bonchev–Trinajstić information content (AvgIpc) is 2.86. The quantitative estimate of drug-likeness (QED) is 0.500. The number of nitrogens with one attached hydrogen (secondary N) is 1. The van der Waals surface area contributed by atoms with E-state index in [2.05, 4.69) is 5.32 Å². The maximum Gasteiger partial charge on any atom is 0.265 e. The van der Waals surface area contributed by atoms with Crippen LogP contribution in [-0.2, 0) is 16.1 Å². The summed E-state index contributed by atoms with van der Waals surface area (Å²) in [4.78, 5) is 39.7. The Morgan fingerprint density at radius 2 is 1.89 bits per heavy atom. The van der Waals surface area contributed by atoms with Gasteiger partial charge in [0, 0.05) is 12.1 Å². The Hall–Kier alpha value is -4.20. The Bertz CT molecular complexity index is 1260. The van der Waals surface area contributed by atoms with Gasteiger partial charge in [-0.25, -0.2) is 4.39 Å². The zero-order valence-corrected chi connectivity index (χ0v) is 19.4. The first-order valence-corrected chi connectivity index (χ1v) is 11.2. The van der Waals surface area contributed by atoms with Crippen LogP contribution in [0.15, 0.2) is 66.7 Å². The van der Waals surface area contributed by atoms with Crippen molar-refractivity contribution in [3.8, 4) is 11.5 Å². The van der Waals surface area contributed by atoms with Gasteiger partial charge in [0.15, 0.2) is 19.0 Å². The topological polar surface area (TPSA) is 84.9 Å². The summed E-state index contributed by atoms with van der Waals surface area (Å²) in [6.07, 6.45) is 0. The van der Waals surface area contributed by atoms with E-state index in [9.17, 15) is 18.8 Å². The summed E-state index contributed by atoms with van der Waals surface area (Å²) in [5.74, 6) is -0.636. The molecule has 3 aromatic carbocycles. The molecule has 2 amide bonds. The fourth-order valence-corrected chi connectivity index (χ4v) is 3.82. The van der Waals surface area contributed by atoms with Gasteiger partial charge in [-0.15, -0.1) is 0 Å². The maximum absolute atomic E-state index is 13.3. The minimum Gasteiger partial charge on any atom is -0.485 e. The number of carbonyl (C=O) groups is 3. The number of Topliss-reactive ketones (excluding diaryl/α,β-unsaturated/α-hetero) is 1. The minimum absolute atomic E-state index is 0.205. The molecule has 7 nitrogen and oxygen atoms in total. The highest BCUT2D eigenvalue weighted by Gasteiger charge is 2.33. The normalized spacial score (nSPS) is 13.5. The smallest absolute Gasteiger partial charge is 0.265 e. The summed E-state index contributed by atoms with van der Waals surface area (Å²) < 4.78 is 24.4. The number of nitrogens with zero attached hydrogens (tertiary/aromatic N) is 1. The van der Waals surface area contributed by atoms with Crippen LogP contribution in [0.5, 0.6) is 11.5 Å². The highest BCUT2D eigenvalue weighted by atomic mass is 19.1. The molecule has 0 radical (unpaired) electrons. The lowest BCUT2D eigenvalue weighted by molar-refractivity contribution is -0.127. The molecule has 1 atom stereocenters. The molecule has 0 bridgehead atoms. The summed E-state index contributed by atoms with van der Waals surface area (Å²) in [5, 5.41) is 2.85. The van der Waals surface area contributed by atoms with Crippen LogP contribution in [0.2, 0.25) is 0 Å². The summed E-state index contributed by atoms with van der Waals surface area (Å²) in [7, 11) is 0. The standard InChI is InChI=1S/C27H25FN2O5/c1-17-12-21(28)9-11-24(17)34-15-23(31)20-8-10-25-22(13-20)30(26(32)16-35-25)18(2)27(33)29-14-19-6-4-3-5-7-19/h3-13,18H,14-16H2,1-2H3,(H,29,33)/t18-/m1/s1. The van der Waals surface area contributed by atoms with Crippen molar-refractivity contribution in [2.45, 2.75) is 26.4 Å². The lowest BCUT2D eigenvalue weighted by Crippen LogP contribution is -2.51. The predicted octanol–water partition coefficient (Wildman–Crippen LogP) is 3.83. The van der Waals surface area contributed by atoms with Crippen molar-refractivity contribution in [3.05, 3.63) is 89.2 Å². The Kier molecular flexibility index (Phi) is 7.10. The van der Waals surface area contributed by atoms with Crippen molar-refractivity contribution in [2.24, 2.45) is 0 Å². The van der Waals surface area contributed by atoms with Crippen LogP contribution in [0.3, 0.4) is 0 Å². The Morgan fingerprint density at radius 1 is 1.11 bits per heavy atom. The van der Waals surface area contributed by atoms with Crippen molar-refractivity contribution >= 4 is 23.3 Å². The number of amides is 2. The number of ketones is 1. The predicted molar refractivity (Wildman–Crippen MR) is 128 cm³/mol. The van der Waals surface area contributed by atoms with E-state index in [1.807, 2.05) is 30.3 Å². The lowest BCUT2D eigenvalue weighted by atomic mass is 10.1. The number of carbonyl (C=O) groups excluding carboxylic acids is 3. The Balaban J connectivity index is 1.49. The number of rotatable bonds is 8. The number of hydrogen-bond donors (Lipinski definition) is 1. The number of benzene rings is 3. The molecule has 1 aliphatic rings. The van der Waals surface area contributed by atoms with Crippen LogP contribution >= 0.6 is 0 Å². The largest absolute Gasteiger partial charge is 0.485 e. The van der Waals surface area contributed by atoms with Gasteiger partial charge in [0.05, 0.1) is 5.69 Å². The Morgan fingerprint density at radius 3 is 2.63 bits per heavy atom. The molecule has 1 N–H and O–H groups in total. The summed E-state index contributed by atoms with van der Waals surface area (Å²) >= 11 is 0. The van der Waals surface area contributed by atoms with Gasteiger partial charge in [-0.2, -0.15) is 0 Å². The van der Waals surface area contributed by atoms with Crippen molar-refractivity contribution in [1.29, 1.82) is 0 Å². The third-order valence-electron chi connectivity index (χ3n) is 5.73. The number of ether oxygens (including phenoxy) is 2. The molecule has 0 spiro atoms. The SMILES string of the molecule is Cc1cc(F)ccc1OCC(=O)c1ccc2c(c1)N([C@H](C)C(=O)NCc1ccccc1)C(=O)CO2. The molecule has 35 heavy (non-hydrogen) atoms. The van der Waals surface area contributed by atoms with Crippen LogP contribution in [0.4, 0.5) is 10.1 Å². The molecule has 1 heterocycles. The second-order valence-electron chi connectivity index (χ2n) is 8.24. The van der Waals surface area contributed by atoms with Crippen LogP contribution < -0.4 is 19.7 Å². The molecule has 4 rings (SSSR count). The molecule has 3 aromatic rings. The van der Waals surface area contributed by atoms with E-state index in [0.717, 1.165) is 5.56 Å². The van der Waals surface area contributed by atoms with E-state index in [4.69, 9.17) is 9.47 Å². The van der Waals surface area contributed by atoms with Gasteiger partial charge in [0.2, 0.25) is 5.91 Å². The molecule has 180 valence electrons. The molecule has 0 saturated heterocycles. The number of halogens is 1.